The normalized spacial score (nSPS) is 12.0. The van der Waals surface area contributed by atoms with Crippen molar-refractivity contribution in [1.29, 1.82) is 0 Å². The number of benzene rings is 21. The SMILES string of the molecule is c1ccc(-c2ccc3c(c2)c2cc(-n4c5ccccc5c5ccccc54)cc(-n4c5ccccc5c5ccccc54)c2n3-c2ccc(-c3ccc4c(c3)c3ccccc3n4-c3ccccc3)cc2)cc1.c1ccc(-n2c3ccccc3c3cc(-c4ccc(-n5c6ccccc6c6cc(-n7c8ccccc8c8ccccc87)cc(-n7c8ccccc8c8ccccc87)c65)cc4)ccc32)cc1. The molecule has 29 aromatic rings. The van der Waals surface area contributed by atoms with Crippen LogP contribution in [0.5, 0.6) is 0 Å². The second kappa shape index (κ2) is 29.8. The first-order valence-corrected chi connectivity index (χ1v) is 46.1. The van der Waals surface area contributed by atoms with Gasteiger partial charge in [-0.1, -0.05) is 309 Å². The average molecular weight is 1710 g/mol. The molecule has 0 spiro atoms. The molecule has 0 saturated carbocycles. The molecule has 8 aromatic heterocycles. The zero-order valence-corrected chi connectivity index (χ0v) is 72.8. The van der Waals surface area contributed by atoms with E-state index in [0.29, 0.717) is 0 Å². The summed E-state index contributed by atoms with van der Waals surface area (Å²) in [6, 6.07) is 178. The number of hydrogen-bond acceptors (Lipinski definition) is 0. The van der Waals surface area contributed by atoms with Gasteiger partial charge in [0.2, 0.25) is 0 Å². The Morgan fingerprint density at radius 1 is 0.0970 bits per heavy atom. The van der Waals surface area contributed by atoms with E-state index >= 15 is 0 Å². The third-order valence-electron chi connectivity index (χ3n) is 28.3. The molecular formula is C126H80N8. The lowest BCUT2D eigenvalue weighted by atomic mass is 10.0. The molecule has 8 heteroatoms. The maximum atomic E-state index is 2.51. The molecule has 0 atom stereocenters. The fourth-order valence-corrected chi connectivity index (χ4v) is 22.5. The van der Waals surface area contributed by atoms with Gasteiger partial charge in [0.1, 0.15) is 0 Å². The summed E-state index contributed by atoms with van der Waals surface area (Å²) in [5.41, 5.74) is 35.1. The topological polar surface area (TPSA) is 39.4 Å². The van der Waals surface area contributed by atoms with Gasteiger partial charge >= 0.3 is 0 Å². The van der Waals surface area contributed by atoms with Crippen molar-refractivity contribution in [3.8, 4) is 78.9 Å². The molecule has 8 heterocycles. The van der Waals surface area contributed by atoms with E-state index in [4.69, 9.17) is 0 Å². The zero-order chi connectivity index (χ0) is 87.7. The van der Waals surface area contributed by atoms with Gasteiger partial charge in [0.05, 0.1) is 99.6 Å². The van der Waals surface area contributed by atoms with Crippen molar-refractivity contribution in [1.82, 2.24) is 36.5 Å². The van der Waals surface area contributed by atoms with Crippen LogP contribution in [0, 0.1) is 0 Å². The predicted octanol–water partition coefficient (Wildman–Crippen LogP) is 33.2. The van der Waals surface area contributed by atoms with Gasteiger partial charge in [-0.3, -0.25) is 0 Å². The standard InChI is InChI=1S/C66H42N4.C60H38N4/c1-3-17-43(18-4-1)45-34-38-64-56(40-45)57-41-49(68-58-26-12-7-21-50(58)51-22-8-13-27-59(51)68)42-65(70-61-29-15-9-23-52(61)53-24-10-16-30-62(53)70)66(57)69(64)48-35-31-44(32-36-48)46-33-37-63-55(39-46)54-25-11-14-28-60(54)67(63)47-19-5-2-6-20-47;1-2-16-41(17-3-1)61-54-26-12-8-22-48(54)50-36-40(32-35-58(50)61)39-30-33-42(34-31-39)63-55-27-13-9-23-49(55)51-37-43(62-52-24-10-4-18-44(52)45-19-5-11-25-53(45)62)38-59(60(51)63)64-56-28-14-6-20-46(56)47-21-7-15-29-57(47)64/h1-42H;1-38H. The van der Waals surface area contributed by atoms with E-state index in [2.05, 4.69) is 522 Å². The summed E-state index contributed by atoms with van der Waals surface area (Å²) in [5.74, 6) is 0. The average Bonchev–Trinajstić information content (AvgIpc) is 1.55. The van der Waals surface area contributed by atoms with Crippen molar-refractivity contribution in [2.75, 3.05) is 0 Å². The van der Waals surface area contributed by atoms with Crippen LogP contribution in [0.3, 0.4) is 0 Å². The smallest absolute Gasteiger partial charge is 0.0784 e. The third-order valence-corrected chi connectivity index (χ3v) is 28.3. The minimum absolute atomic E-state index is 1.10. The molecule has 0 aliphatic rings. The third kappa shape index (κ3) is 11.4. The summed E-state index contributed by atoms with van der Waals surface area (Å²) in [6.45, 7) is 0. The molecule has 0 bridgehead atoms. The highest BCUT2D eigenvalue weighted by Gasteiger charge is 2.28. The van der Waals surface area contributed by atoms with Crippen LogP contribution in [-0.4, -0.2) is 36.5 Å². The lowest BCUT2D eigenvalue weighted by Crippen LogP contribution is -2.03. The van der Waals surface area contributed by atoms with Gasteiger partial charge in [-0.25, -0.2) is 0 Å². The van der Waals surface area contributed by atoms with Gasteiger partial charge in [0.25, 0.3) is 0 Å². The van der Waals surface area contributed by atoms with Crippen LogP contribution in [0.4, 0.5) is 0 Å². The minimum Gasteiger partial charge on any atom is -0.309 e. The molecule has 624 valence electrons. The predicted molar refractivity (Wildman–Crippen MR) is 564 cm³/mol. The van der Waals surface area contributed by atoms with E-state index in [9.17, 15) is 0 Å². The van der Waals surface area contributed by atoms with Gasteiger partial charge in [-0.2, -0.15) is 0 Å². The molecule has 0 N–H and O–H groups in total. The van der Waals surface area contributed by atoms with Crippen molar-refractivity contribution in [2.45, 2.75) is 0 Å². The van der Waals surface area contributed by atoms with E-state index in [-0.39, 0.29) is 0 Å². The summed E-state index contributed by atoms with van der Waals surface area (Å²) >= 11 is 0. The summed E-state index contributed by atoms with van der Waals surface area (Å²) in [6.07, 6.45) is 0. The molecule has 0 aliphatic carbocycles. The maximum absolute atomic E-state index is 2.51. The Balaban J connectivity index is 0.000000134. The molecule has 0 saturated heterocycles. The Morgan fingerprint density at radius 3 is 0.582 bits per heavy atom. The molecule has 0 fully saturated rings. The second-order valence-corrected chi connectivity index (χ2v) is 35.4. The largest absolute Gasteiger partial charge is 0.309 e. The first-order valence-electron chi connectivity index (χ1n) is 46.1. The number of fused-ring (bicyclic) bond motifs is 24. The van der Waals surface area contributed by atoms with Crippen LogP contribution in [0.25, 0.3) is 253 Å². The molecule has 0 aliphatic heterocycles. The lowest BCUT2D eigenvalue weighted by Gasteiger charge is -2.17. The van der Waals surface area contributed by atoms with E-state index in [1.165, 1.54) is 202 Å². The van der Waals surface area contributed by atoms with Gasteiger partial charge in [-0.15, -0.1) is 0 Å². The summed E-state index contributed by atoms with van der Waals surface area (Å²) in [7, 11) is 0. The Bertz CT molecular complexity index is 9660. The highest BCUT2D eigenvalue weighted by atomic mass is 15.1. The Morgan fingerprint density at radius 2 is 0.284 bits per heavy atom. The monoisotopic (exact) mass is 1700 g/mol. The highest BCUT2D eigenvalue weighted by Crippen LogP contribution is 2.49. The van der Waals surface area contributed by atoms with E-state index in [1.807, 2.05) is 0 Å². The van der Waals surface area contributed by atoms with Gasteiger partial charge in [0.15, 0.2) is 0 Å². The number of rotatable bonds is 11. The minimum atomic E-state index is 1.10. The fourth-order valence-electron chi connectivity index (χ4n) is 22.5. The number of hydrogen-bond donors (Lipinski definition) is 0. The molecule has 29 rings (SSSR count). The van der Waals surface area contributed by atoms with Crippen molar-refractivity contribution >= 4 is 174 Å². The Kier molecular flexibility index (Phi) is 16.7. The van der Waals surface area contributed by atoms with Gasteiger partial charge in [-0.05, 0) is 209 Å². The molecule has 0 amide bonds. The molecule has 0 unspecified atom stereocenters. The van der Waals surface area contributed by atoms with Crippen LogP contribution >= 0.6 is 0 Å². The van der Waals surface area contributed by atoms with Crippen molar-refractivity contribution in [2.24, 2.45) is 0 Å². The lowest BCUT2D eigenvalue weighted by molar-refractivity contribution is 1.11. The molecule has 134 heavy (non-hydrogen) atoms. The summed E-state index contributed by atoms with van der Waals surface area (Å²) in [5, 5.41) is 19.7. The second-order valence-electron chi connectivity index (χ2n) is 35.4. The van der Waals surface area contributed by atoms with Crippen molar-refractivity contribution < 1.29 is 0 Å². The summed E-state index contributed by atoms with van der Waals surface area (Å²) < 4.78 is 19.7. The van der Waals surface area contributed by atoms with Crippen LogP contribution in [0.1, 0.15) is 0 Å². The van der Waals surface area contributed by atoms with Crippen LogP contribution < -0.4 is 0 Å². The maximum Gasteiger partial charge on any atom is 0.0784 e. The van der Waals surface area contributed by atoms with Crippen molar-refractivity contribution in [3.63, 3.8) is 0 Å². The molecule has 0 radical (unpaired) electrons. The number of nitrogens with zero attached hydrogens (tertiary/aromatic N) is 8. The fraction of sp³-hybridized carbons (Fsp3) is 0. The molecule has 8 nitrogen and oxygen atoms in total. The van der Waals surface area contributed by atoms with Crippen LogP contribution in [0.15, 0.2) is 485 Å². The highest BCUT2D eigenvalue weighted by molar-refractivity contribution is 6.21. The summed E-state index contributed by atoms with van der Waals surface area (Å²) in [4.78, 5) is 0. The van der Waals surface area contributed by atoms with Crippen molar-refractivity contribution in [3.05, 3.63) is 485 Å². The molecular weight excluding hydrogens is 1630 g/mol. The molecule has 21 aromatic carbocycles. The Labute approximate surface area is 769 Å². The van der Waals surface area contributed by atoms with Crippen LogP contribution in [0.2, 0.25) is 0 Å². The number of para-hydroxylation sites is 13. The van der Waals surface area contributed by atoms with E-state index in [0.717, 1.165) is 50.8 Å². The van der Waals surface area contributed by atoms with Crippen LogP contribution in [-0.2, 0) is 0 Å². The quantitative estimate of drug-likeness (QED) is 0.124. The Hall–Kier alpha value is -18.0. The first-order chi connectivity index (χ1) is 66.5. The number of aromatic nitrogens is 8. The first kappa shape index (κ1) is 75.0. The van der Waals surface area contributed by atoms with E-state index < -0.39 is 0 Å². The van der Waals surface area contributed by atoms with E-state index in [1.54, 1.807) is 0 Å². The van der Waals surface area contributed by atoms with Gasteiger partial charge < -0.3 is 36.5 Å². The zero-order valence-electron chi connectivity index (χ0n) is 72.8. The van der Waals surface area contributed by atoms with Gasteiger partial charge in [0, 0.05) is 120 Å².